The van der Waals surface area contributed by atoms with Crippen molar-refractivity contribution in [2.75, 3.05) is 24.8 Å². The van der Waals surface area contributed by atoms with E-state index in [1.807, 2.05) is 31.3 Å². The number of nitrogens with zero attached hydrogens (tertiary/aromatic N) is 2. The van der Waals surface area contributed by atoms with E-state index >= 15 is 0 Å². The lowest BCUT2D eigenvalue weighted by Crippen LogP contribution is -2.02. The molecule has 0 aliphatic carbocycles. The first-order chi connectivity index (χ1) is 9.26. The van der Waals surface area contributed by atoms with Gasteiger partial charge >= 0.3 is 0 Å². The highest BCUT2D eigenvalue weighted by Gasteiger charge is 2.09. The van der Waals surface area contributed by atoms with Crippen LogP contribution in [0.5, 0.6) is 0 Å². The lowest BCUT2D eigenvalue weighted by atomic mass is 10.2. The van der Waals surface area contributed by atoms with Crippen LogP contribution in [0.3, 0.4) is 0 Å². The summed E-state index contributed by atoms with van der Waals surface area (Å²) >= 11 is 3.48. The predicted octanol–water partition coefficient (Wildman–Crippen LogP) is 3.17. The summed E-state index contributed by atoms with van der Waals surface area (Å²) in [6, 6.07) is 7.95. The van der Waals surface area contributed by atoms with E-state index in [2.05, 4.69) is 36.5 Å². The molecule has 0 atom stereocenters. The minimum atomic E-state index is 0.546. The Morgan fingerprint density at radius 3 is 2.68 bits per heavy atom. The van der Waals surface area contributed by atoms with Gasteiger partial charge in [0, 0.05) is 25.4 Å². The quantitative estimate of drug-likeness (QED) is 0.885. The zero-order valence-corrected chi connectivity index (χ0v) is 12.4. The molecule has 1 aromatic heterocycles. The van der Waals surface area contributed by atoms with Gasteiger partial charge in [-0.15, -0.1) is 0 Å². The molecule has 0 saturated carbocycles. The Morgan fingerprint density at radius 1 is 1.21 bits per heavy atom. The largest absolute Gasteiger partial charge is 0.380 e. The van der Waals surface area contributed by atoms with E-state index in [0.717, 1.165) is 21.5 Å². The molecule has 0 bridgehead atoms. The van der Waals surface area contributed by atoms with E-state index in [4.69, 9.17) is 4.74 Å². The number of anilines is 3. The molecule has 0 aliphatic heterocycles. The zero-order valence-electron chi connectivity index (χ0n) is 10.8. The number of hydrogen-bond acceptors (Lipinski definition) is 5. The number of methoxy groups -OCH3 is 1. The second-order valence-electron chi connectivity index (χ2n) is 3.85. The number of aromatic nitrogens is 2. The minimum absolute atomic E-state index is 0.546. The lowest BCUT2D eigenvalue weighted by molar-refractivity contribution is 0.185. The highest BCUT2D eigenvalue weighted by Crippen LogP contribution is 2.29. The second-order valence-corrected chi connectivity index (χ2v) is 4.64. The van der Waals surface area contributed by atoms with Crippen molar-refractivity contribution in [2.45, 2.75) is 6.61 Å². The summed E-state index contributed by atoms with van der Waals surface area (Å²) in [7, 11) is 3.49. The van der Waals surface area contributed by atoms with Crippen LogP contribution in [0, 0.1) is 0 Å². The molecule has 0 unspecified atom stereocenters. The number of rotatable bonds is 5. The van der Waals surface area contributed by atoms with Gasteiger partial charge in [0.05, 0.1) is 6.61 Å². The molecule has 6 heteroatoms. The molecule has 1 aromatic carbocycles. The van der Waals surface area contributed by atoms with Crippen molar-refractivity contribution in [1.82, 2.24) is 9.97 Å². The smallest absolute Gasteiger partial charge is 0.150 e. The van der Waals surface area contributed by atoms with Crippen LogP contribution < -0.4 is 10.6 Å². The maximum Gasteiger partial charge on any atom is 0.150 e. The van der Waals surface area contributed by atoms with Gasteiger partial charge in [0.25, 0.3) is 0 Å². The number of ether oxygens (including phenoxy) is 1. The van der Waals surface area contributed by atoms with Gasteiger partial charge in [-0.3, -0.25) is 0 Å². The Morgan fingerprint density at radius 2 is 1.95 bits per heavy atom. The molecule has 2 aromatic rings. The van der Waals surface area contributed by atoms with Gasteiger partial charge in [0.15, 0.2) is 0 Å². The van der Waals surface area contributed by atoms with Crippen molar-refractivity contribution in [3.05, 3.63) is 40.6 Å². The normalized spacial score (nSPS) is 10.3. The van der Waals surface area contributed by atoms with E-state index < -0.39 is 0 Å². The number of benzene rings is 1. The van der Waals surface area contributed by atoms with Gasteiger partial charge < -0.3 is 15.4 Å². The molecule has 2 N–H and O–H groups in total. The minimum Gasteiger partial charge on any atom is -0.380 e. The summed E-state index contributed by atoms with van der Waals surface area (Å²) in [6.07, 6.45) is 1.51. The maximum atomic E-state index is 5.18. The molecule has 19 heavy (non-hydrogen) atoms. The average molecular weight is 323 g/mol. The van der Waals surface area contributed by atoms with Crippen molar-refractivity contribution in [3.8, 4) is 0 Å². The van der Waals surface area contributed by atoms with Crippen LogP contribution in [0.15, 0.2) is 35.1 Å². The van der Waals surface area contributed by atoms with Crippen LogP contribution in [-0.4, -0.2) is 24.1 Å². The van der Waals surface area contributed by atoms with E-state index in [9.17, 15) is 0 Å². The van der Waals surface area contributed by atoms with Crippen LogP contribution >= 0.6 is 15.9 Å². The van der Waals surface area contributed by atoms with Crippen LogP contribution in [0.25, 0.3) is 0 Å². The summed E-state index contributed by atoms with van der Waals surface area (Å²) < 4.78 is 5.98. The summed E-state index contributed by atoms with van der Waals surface area (Å²) in [5.74, 6) is 1.45. The summed E-state index contributed by atoms with van der Waals surface area (Å²) in [5, 5.41) is 6.28. The van der Waals surface area contributed by atoms with E-state index in [1.165, 1.54) is 6.33 Å². The number of para-hydroxylation sites is 1. The van der Waals surface area contributed by atoms with Gasteiger partial charge in [-0.25, -0.2) is 9.97 Å². The first kappa shape index (κ1) is 13.8. The van der Waals surface area contributed by atoms with Crippen LogP contribution in [0.1, 0.15) is 5.56 Å². The fraction of sp³-hybridized carbons (Fsp3) is 0.231. The van der Waals surface area contributed by atoms with Gasteiger partial charge in [0.2, 0.25) is 0 Å². The molecule has 5 nitrogen and oxygen atoms in total. The third-order valence-corrected chi connectivity index (χ3v) is 3.35. The Bertz CT molecular complexity index is 562. The molecule has 0 aliphatic rings. The summed E-state index contributed by atoms with van der Waals surface area (Å²) in [5.41, 5.74) is 2.03. The topological polar surface area (TPSA) is 59.1 Å². The lowest BCUT2D eigenvalue weighted by Gasteiger charge is -2.13. The Kier molecular flexibility index (Phi) is 4.70. The standard InChI is InChI=1S/C13H15BrN4O/c1-15-12-11(14)13(17-8-16-12)18-10-6-4-3-5-9(10)7-19-2/h3-6,8H,7H2,1-2H3,(H2,15,16,17,18). The molecule has 0 spiro atoms. The highest BCUT2D eigenvalue weighted by atomic mass is 79.9. The Balaban J connectivity index is 2.31. The van der Waals surface area contributed by atoms with Gasteiger partial charge in [-0.1, -0.05) is 18.2 Å². The molecule has 2 rings (SSSR count). The van der Waals surface area contributed by atoms with E-state index in [-0.39, 0.29) is 0 Å². The van der Waals surface area contributed by atoms with Crippen LogP contribution in [0.2, 0.25) is 0 Å². The number of halogens is 1. The second kappa shape index (κ2) is 6.49. The Hall–Kier alpha value is -1.66. The van der Waals surface area contributed by atoms with Crippen molar-refractivity contribution >= 4 is 33.3 Å². The molecule has 1 heterocycles. The Labute approximate surface area is 120 Å². The van der Waals surface area contributed by atoms with Gasteiger partial charge in [-0.2, -0.15) is 0 Å². The maximum absolute atomic E-state index is 5.18. The molecule has 0 fully saturated rings. The molecule has 0 radical (unpaired) electrons. The van der Waals surface area contributed by atoms with Crippen molar-refractivity contribution in [1.29, 1.82) is 0 Å². The van der Waals surface area contributed by atoms with Crippen molar-refractivity contribution in [3.63, 3.8) is 0 Å². The fourth-order valence-corrected chi connectivity index (χ4v) is 2.18. The fourth-order valence-electron chi connectivity index (χ4n) is 1.68. The predicted molar refractivity (Wildman–Crippen MR) is 79.7 cm³/mol. The first-order valence-corrected chi connectivity index (χ1v) is 6.57. The first-order valence-electron chi connectivity index (χ1n) is 5.78. The molecular weight excluding hydrogens is 308 g/mol. The molecule has 0 amide bonds. The SMILES string of the molecule is CNc1ncnc(Nc2ccccc2COC)c1Br. The third kappa shape index (κ3) is 3.21. The average Bonchev–Trinajstić information content (AvgIpc) is 2.43. The van der Waals surface area contributed by atoms with Crippen LogP contribution in [0.4, 0.5) is 17.3 Å². The van der Waals surface area contributed by atoms with Gasteiger partial charge in [0.1, 0.15) is 22.4 Å². The molecule has 0 saturated heterocycles. The van der Waals surface area contributed by atoms with Gasteiger partial charge in [-0.05, 0) is 22.0 Å². The molecular formula is C13H15BrN4O. The number of hydrogen-bond donors (Lipinski definition) is 2. The summed E-state index contributed by atoms with van der Waals surface area (Å²) in [6.45, 7) is 0.546. The third-order valence-electron chi connectivity index (χ3n) is 2.60. The van der Waals surface area contributed by atoms with E-state index in [0.29, 0.717) is 12.4 Å². The number of nitrogens with one attached hydrogen (secondary N) is 2. The zero-order chi connectivity index (χ0) is 13.7. The highest BCUT2D eigenvalue weighted by molar-refractivity contribution is 9.10. The van der Waals surface area contributed by atoms with Crippen LogP contribution in [-0.2, 0) is 11.3 Å². The molecule has 100 valence electrons. The monoisotopic (exact) mass is 322 g/mol. The van der Waals surface area contributed by atoms with E-state index in [1.54, 1.807) is 7.11 Å². The van der Waals surface area contributed by atoms with Crippen molar-refractivity contribution < 1.29 is 4.74 Å². The van der Waals surface area contributed by atoms with Crippen molar-refractivity contribution in [2.24, 2.45) is 0 Å². The summed E-state index contributed by atoms with van der Waals surface area (Å²) in [4.78, 5) is 8.36.